The molecule has 0 bridgehead atoms. The number of aliphatic hydroxyl groups is 1. The number of carboxylic acids is 1. The summed E-state index contributed by atoms with van der Waals surface area (Å²) in [7, 11) is -4.32. The summed E-state index contributed by atoms with van der Waals surface area (Å²) in [6.45, 7) is 5.98. The predicted octanol–water partition coefficient (Wildman–Crippen LogP) is 0.444. The van der Waals surface area contributed by atoms with Crippen LogP contribution in [0.15, 0.2) is 17.3 Å². The van der Waals surface area contributed by atoms with Crippen LogP contribution in [0.3, 0.4) is 0 Å². The molecule has 10 heteroatoms. The van der Waals surface area contributed by atoms with E-state index in [1.54, 1.807) is 0 Å². The van der Waals surface area contributed by atoms with Gasteiger partial charge in [-0.2, -0.15) is 8.42 Å². The van der Waals surface area contributed by atoms with Crippen LogP contribution < -0.4 is 0 Å². The van der Waals surface area contributed by atoms with E-state index in [0.29, 0.717) is 12.8 Å². The topological polar surface area (TPSA) is 140 Å². The molecular weight excluding hydrogens is 330 g/mol. The Morgan fingerprint density at radius 1 is 1.35 bits per heavy atom. The molecule has 0 radical (unpaired) electrons. The first-order chi connectivity index (χ1) is 10.6. The van der Waals surface area contributed by atoms with Gasteiger partial charge in [0, 0.05) is 12.0 Å². The van der Waals surface area contributed by atoms with Crippen LogP contribution in [0.5, 0.6) is 0 Å². The maximum atomic E-state index is 11.6. The van der Waals surface area contributed by atoms with Crippen LogP contribution in [0.1, 0.15) is 33.1 Å². The number of carbonyl (C=O) groups is 2. The maximum Gasteiger partial charge on any atom is 0.353 e. The molecule has 2 N–H and O–H groups in total. The first-order valence-electron chi connectivity index (χ1n) is 6.81. The third kappa shape index (κ3) is 9.63. The SMILES string of the molecule is C=C(C)C(=O)OCC(O)CS(=O)(=O)ON=C(CCCC)C(=O)O. The van der Waals surface area contributed by atoms with E-state index in [1.165, 1.54) is 6.92 Å². The van der Waals surface area contributed by atoms with Crippen molar-refractivity contribution in [3.63, 3.8) is 0 Å². The van der Waals surface area contributed by atoms with Crippen molar-refractivity contribution in [1.29, 1.82) is 0 Å². The number of carbonyl (C=O) groups excluding carboxylic acids is 1. The van der Waals surface area contributed by atoms with Crippen molar-refractivity contribution >= 4 is 27.8 Å². The second-order valence-electron chi connectivity index (χ2n) is 4.78. The standard InChI is InChI=1S/C13H21NO8S/c1-4-5-6-11(12(16)17)14-22-23(19,20)8-10(15)7-21-13(18)9(2)3/h10,15H,2,4-8H2,1,3H3,(H,16,17). The second-order valence-corrected chi connectivity index (χ2v) is 6.38. The van der Waals surface area contributed by atoms with Crippen LogP contribution in [0.2, 0.25) is 0 Å². The number of carboxylic acid groups (broad SMARTS) is 1. The maximum absolute atomic E-state index is 11.6. The predicted molar refractivity (Wildman–Crippen MR) is 81.2 cm³/mol. The molecule has 132 valence electrons. The van der Waals surface area contributed by atoms with Gasteiger partial charge in [-0.05, 0) is 13.3 Å². The molecule has 0 aromatic carbocycles. The van der Waals surface area contributed by atoms with E-state index in [9.17, 15) is 23.1 Å². The smallest absolute Gasteiger partial charge is 0.353 e. The molecule has 0 spiro atoms. The molecule has 0 aromatic heterocycles. The number of oxime groups is 1. The van der Waals surface area contributed by atoms with Gasteiger partial charge >= 0.3 is 22.1 Å². The highest BCUT2D eigenvalue weighted by Crippen LogP contribution is 2.04. The normalized spacial score (nSPS) is 13.3. The van der Waals surface area contributed by atoms with Gasteiger partial charge in [0.1, 0.15) is 18.5 Å². The highest BCUT2D eigenvalue weighted by atomic mass is 32.2. The van der Waals surface area contributed by atoms with Crippen LogP contribution in [0.4, 0.5) is 0 Å². The minimum Gasteiger partial charge on any atom is -0.477 e. The summed E-state index contributed by atoms with van der Waals surface area (Å²) in [5.74, 6) is -3.06. The number of rotatable bonds is 11. The van der Waals surface area contributed by atoms with E-state index >= 15 is 0 Å². The zero-order chi connectivity index (χ0) is 18.0. The zero-order valence-electron chi connectivity index (χ0n) is 13.0. The number of esters is 1. The van der Waals surface area contributed by atoms with E-state index < -0.39 is 46.2 Å². The molecule has 0 aliphatic carbocycles. The Hall–Kier alpha value is -1.94. The van der Waals surface area contributed by atoms with Crippen molar-refractivity contribution in [3.05, 3.63) is 12.2 Å². The van der Waals surface area contributed by atoms with Gasteiger partial charge in [0.2, 0.25) is 0 Å². The Morgan fingerprint density at radius 3 is 2.43 bits per heavy atom. The number of hydrogen-bond acceptors (Lipinski definition) is 8. The van der Waals surface area contributed by atoms with Gasteiger partial charge in [-0.15, -0.1) is 0 Å². The number of ether oxygens (including phenoxy) is 1. The van der Waals surface area contributed by atoms with Crippen LogP contribution in [0, 0.1) is 0 Å². The molecule has 0 aromatic rings. The van der Waals surface area contributed by atoms with E-state index in [1.807, 2.05) is 6.92 Å². The third-order valence-corrected chi connectivity index (χ3v) is 3.52. The van der Waals surface area contributed by atoms with Gasteiger partial charge in [-0.1, -0.05) is 25.1 Å². The van der Waals surface area contributed by atoms with E-state index in [2.05, 4.69) is 20.8 Å². The second kappa shape index (κ2) is 9.95. The Morgan fingerprint density at radius 2 is 1.96 bits per heavy atom. The largest absolute Gasteiger partial charge is 0.477 e. The monoisotopic (exact) mass is 351 g/mol. The lowest BCUT2D eigenvalue weighted by Crippen LogP contribution is -2.28. The first kappa shape index (κ1) is 21.1. The third-order valence-electron chi connectivity index (χ3n) is 2.43. The molecule has 0 heterocycles. The minimum atomic E-state index is -4.32. The minimum absolute atomic E-state index is 0.0557. The summed E-state index contributed by atoms with van der Waals surface area (Å²) in [4.78, 5) is 22.0. The quantitative estimate of drug-likeness (QED) is 0.236. The van der Waals surface area contributed by atoms with Crippen LogP contribution >= 0.6 is 0 Å². The molecule has 1 unspecified atom stereocenters. The summed E-state index contributed by atoms with van der Waals surface area (Å²) in [6.07, 6.45) is -0.276. The van der Waals surface area contributed by atoms with Crippen LogP contribution in [0.25, 0.3) is 0 Å². The van der Waals surface area contributed by atoms with Gasteiger partial charge in [0.05, 0.1) is 0 Å². The first-order valence-corrected chi connectivity index (χ1v) is 8.39. The van der Waals surface area contributed by atoms with Crippen molar-refractivity contribution in [2.75, 3.05) is 12.4 Å². The van der Waals surface area contributed by atoms with Crippen molar-refractivity contribution in [1.82, 2.24) is 0 Å². The lowest BCUT2D eigenvalue weighted by atomic mass is 10.2. The molecule has 0 saturated heterocycles. The lowest BCUT2D eigenvalue weighted by Gasteiger charge is -2.10. The molecule has 9 nitrogen and oxygen atoms in total. The fourth-order valence-corrected chi connectivity index (χ4v) is 2.08. The van der Waals surface area contributed by atoms with Gasteiger partial charge in [-0.3, -0.25) is 4.28 Å². The molecule has 23 heavy (non-hydrogen) atoms. The van der Waals surface area contributed by atoms with Gasteiger partial charge in [0.25, 0.3) is 0 Å². The number of nitrogens with zero attached hydrogens (tertiary/aromatic N) is 1. The van der Waals surface area contributed by atoms with E-state index in [-0.39, 0.29) is 12.0 Å². The molecular formula is C13H21NO8S. The summed E-state index contributed by atoms with van der Waals surface area (Å²) < 4.78 is 32.0. The molecule has 0 fully saturated rings. The molecule has 0 rings (SSSR count). The highest BCUT2D eigenvalue weighted by molar-refractivity contribution is 7.86. The summed E-state index contributed by atoms with van der Waals surface area (Å²) in [5.41, 5.74) is -0.332. The number of aliphatic carboxylic acids is 1. The van der Waals surface area contributed by atoms with Gasteiger partial charge in [-0.25, -0.2) is 9.59 Å². The molecule has 0 aliphatic heterocycles. The number of hydrogen-bond donors (Lipinski definition) is 2. The Labute approximate surface area is 134 Å². The van der Waals surface area contributed by atoms with Crippen molar-refractivity contribution in [3.8, 4) is 0 Å². The van der Waals surface area contributed by atoms with Crippen LogP contribution in [-0.2, 0) is 28.7 Å². The summed E-state index contributed by atoms with van der Waals surface area (Å²) in [5, 5.41) is 21.5. The molecule has 0 amide bonds. The fourth-order valence-electron chi connectivity index (χ4n) is 1.25. The van der Waals surface area contributed by atoms with Gasteiger partial charge in [0.15, 0.2) is 5.71 Å². The van der Waals surface area contributed by atoms with E-state index in [4.69, 9.17) is 5.11 Å². The fraction of sp³-hybridized carbons (Fsp3) is 0.615. The average molecular weight is 351 g/mol. The van der Waals surface area contributed by atoms with Crippen LogP contribution in [-0.4, -0.2) is 54.7 Å². The Bertz CT molecular complexity index is 567. The van der Waals surface area contributed by atoms with E-state index in [0.717, 1.165) is 0 Å². The molecule has 1 atom stereocenters. The summed E-state index contributed by atoms with van der Waals surface area (Å²) in [6, 6.07) is 0. The number of aliphatic hydroxyl groups excluding tert-OH is 1. The van der Waals surface area contributed by atoms with Crippen molar-refractivity contribution in [2.24, 2.45) is 5.16 Å². The average Bonchev–Trinajstić information content (AvgIpc) is 2.43. The van der Waals surface area contributed by atoms with Gasteiger partial charge < -0.3 is 14.9 Å². The Kier molecular flexibility index (Phi) is 9.11. The van der Waals surface area contributed by atoms with Crippen molar-refractivity contribution in [2.45, 2.75) is 39.2 Å². The Balaban J connectivity index is 4.59. The highest BCUT2D eigenvalue weighted by Gasteiger charge is 2.21. The summed E-state index contributed by atoms with van der Waals surface area (Å²) >= 11 is 0. The molecule has 0 saturated carbocycles. The lowest BCUT2D eigenvalue weighted by molar-refractivity contribution is -0.141. The molecule has 0 aliphatic rings. The zero-order valence-corrected chi connectivity index (χ0v) is 13.8. The van der Waals surface area contributed by atoms with Crippen molar-refractivity contribution < 1.29 is 37.2 Å². The number of unbranched alkanes of at least 4 members (excludes halogenated alkanes) is 1.